The zero-order chi connectivity index (χ0) is 13.5. The monoisotopic (exact) mass is 257 g/mol. The summed E-state index contributed by atoms with van der Waals surface area (Å²) in [5.74, 6) is 0.893. The summed E-state index contributed by atoms with van der Waals surface area (Å²) in [6.07, 6.45) is 3.97. The molecule has 0 aliphatic carbocycles. The molecule has 0 atom stereocenters. The van der Waals surface area contributed by atoms with Gasteiger partial charge in [0.25, 0.3) is 0 Å². The molecule has 1 aromatic rings. The van der Waals surface area contributed by atoms with E-state index in [0.29, 0.717) is 0 Å². The number of rotatable bonds is 5. The lowest BCUT2D eigenvalue weighted by atomic mass is 9.94. The smallest absolute Gasteiger partial charge is 0.0991 e. The fourth-order valence-electron chi connectivity index (χ4n) is 2.59. The molecule has 19 heavy (non-hydrogen) atoms. The first kappa shape index (κ1) is 14.0. The lowest BCUT2D eigenvalue weighted by Crippen LogP contribution is -2.31. The summed E-state index contributed by atoms with van der Waals surface area (Å²) in [5.41, 5.74) is 1.98. The summed E-state index contributed by atoms with van der Waals surface area (Å²) in [4.78, 5) is 2.42. The van der Waals surface area contributed by atoms with Crippen LogP contribution in [-0.2, 0) is 6.54 Å². The van der Waals surface area contributed by atoms with Crippen molar-refractivity contribution in [3.8, 4) is 6.07 Å². The third kappa shape index (κ3) is 4.66. The number of nitrogens with one attached hydrogen (secondary N) is 1. The molecule has 3 heteroatoms. The van der Waals surface area contributed by atoms with Crippen LogP contribution in [0.5, 0.6) is 0 Å². The van der Waals surface area contributed by atoms with E-state index in [1.807, 2.05) is 24.3 Å². The van der Waals surface area contributed by atoms with Crippen LogP contribution < -0.4 is 5.32 Å². The molecule has 102 valence electrons. The van der Waals surface area contributed by atoms with Crippen LogP contribution in [0.3, 0.4) is 0 Å². The van der Waals surface area contributed by atoms with E-state index in [4.69, 9.17) is 5.26 Å². The normalized spacial score (nSPS) is 17.3. The van der Waals surface area contributed by atoms with Gasteiger partial charge in [-0.05, 0) is 69.6 Å². The zero-order valence-corrected chi connectivity index (χ0v) is 11.7. The summed E-state index contributed by atoms with van der Waals surface area (Å²) >= 11 is 0. The minimum Gasteiger partial charge on any atom is -0.313 e. The summed E-state index contributed by atoms with van der Waals surface area (Å²) < 4.78 is 0. The van der Waals surface area contributed by atoms with Crippen LogP contribution in [0.15, 0.2) is 24.3 Å². The lowest BCUT2D eigenvalue weighted by molar-refractivity contribution is 0.211. The molecule has 0 amide bonds. The zero-order valence-electron chi connectivity index (χ0n) is 11.7. The Labute approximate surface area is 116 Å². The van der Waals surface area contributed by atoms with Crippen molar-refractivity contribution in [1.82, 2.24) is 10.2 Å². The van der Waals surface area contributed by atoms with E-state index >= 15 is 0 Å². The van der Waals surface area contributed by atoms with Crippen LogP contribution in [-0.4, -0.2) is 31.6 Å². The summed E-state index contributed by atoms with van der Waals surface area (Å²) in [6, 6.07) is 9.97. The first-order chi connectivity index (χ1) is 9.28. The Bertz CT molecular complexity index is 411. The standard InChI is InChI=1S/C16H23N3/c1-19-10-7-14(8-11-19)6-9-18-13-16-4-2-15(12-17)3-5-16/h2-5,14,18H,6-11,13H2,1H3. The van der Waals surface area contributed by atoms with Crippen molar-refractivity contribution >= 4 is 0 Å². The lowest BCUT2D eigenvalue weighted by Gasteiger charge is -2.28. The van der Waals surface area contributed by atoms with Gasteiger partial charge in [0, 0.05) is 6.54 Å². The molecule has 1 aliphatic heterocycles. The molecule has 1 heterocycles. The molecule has 0 spiro atoms. The molecule has 3 nitrogen and oxygen atoms in total. The first-order valence-electron chi connectivity index (χ1n) is 7.16. The number of hydrogen-bond acceptors (Lipinski definition) is 3. The highest BCUT2D eigenvalue weighted by Gasteiger charge is 2.15. The maximum Gasteiger partial charge on any atom is 0.0991 e. The summed E-state index contributed by atoms with van der Waals surface area (Å²) in [6.45, 7) is 4.49. The molecule has 1 fully saturated rings. The molecule has 1 N–H and O–H groups in total. The average Bonchev–Trinajstić information content (AvgIpc) is 2.46. The molecule has 1 saturated heterocycles. The van der Waals surface area contributed by atoms with Gasteiger partial charge < -0.3 is 10.2 Å². The van der Waals surface area contributed by atoms with Crippen molar-refractivity contribution in [3.63, 3.8) is 0 Å². The van der Waals surface area contributed by atoms with Crippen molar-refractivity contribution in [2.75, 3.05) is 26.7 Å². The van der Waals surface area contributed by atoms with E-state index in [0.717, 1.165) is 24.6 Å². The van der Waals surface area contributed by atoms with Gasteiger partial charge in [-0.15, -0.1) is 0 Å². The van der Waals surface area contributed by atoms with Crippen LogP contribution in [0.4, 0.5) is 0 Å². The summed E-state index contributed by atoms with van der Waals surface area (Å²) in [7, 11) is 2.21. The van der Waals surface area contributed by atoms with Gasteiger partial charge in [-0.25, -0.2) is 0 Å². The first-order valence-corrected chi connectivity index (χ1v) is 7.16. The fraction of sp³-hybridized carbons (Fsp3) is 0.562. The minimum atomic E-state index is 0.732. The molecule has 0 saturated carbocycles. The average molecular weight is 257 g/mol. The molecule has 0 radical (unpaired) electrons. The second kappa shape index (κ2) is 7.28. The van der Waals surface area contributed by atoms with Gasteiger partial charge in [-0.3, -0.25) is 0 Å². The number of hydrogen-bond donors (Lipinski definition) is 1. The Morgan fingerprint density at radius 1 is 1.26 bits per heavy atom. The molecular weight excluding hydrogens is 234 g/mol. The van der Waals surface area contributed by atoms with Gasteiger partial charge in [-0.1, -0.05) is 12.1 Å². The highest BCUT2D eigenvalue weighted by Crippen LogP contribution is 2.18. The largest absolute Gasteiger partial charge is 0.313 e. The van der Waals surface area contributed by atoms with E-state index in [1.54, 1.807) is 0 Å². The van der Waals surface area contributed by atoms with Crippen molar-refractivity contribution in [3.05, 3.63) is 35.4 Å². The van der Waals surface area contributed by atoms with Crippen LogP contribution in [0, 0.1) is 17.2 Å². The highest BCUT2D eigenvalue weighted by atomic mass is 15.1. The fourth-order valence-corrected chi connectivity index (χ4v) is 2.59. The Morgan fingerprint density at radius 3 is 2.58 bits per heavy atom. The Balaban J connectivity index is 1.62. The van der Waals surface area contributed by atoms with E-state index in [-0.39, 0.29) is 0 Å². The summed E-state index contributed by atoms with van der Waals surface area (Å²) in [5, 5.41) is 12.2. The van der Waals surface area contributed by atoms with Crippen molar-refractivity contribution in [2.45, 2.75) is 25.8 Å². The molecule has 0 aromatic heterocycles. The second-order valence-electron chi connectivity index (χ2n) is 5.52. The Kier molecular flexibility index (Phi) is 5.38. The van der Waals surface area contributed by atoms with Crippen LogP contribution in [0.25, 0.3) is 0 Å². The highest BCUT2D eigenvalue weighted by molar-refractivity contribution is 5.31. The van der Waals surface area contributed by atoms with Gasteiger partial charge in [0.1, 0.15) is 0 Å². The predicted octanol–water partition coefficient (Wildman–Crippen LogP) is 2.38. The van der Waals surface area contributed by atoms with Gasteiger partial charge in [0.2, 0.25) is 0 Å². The SMILES string of the molecule is CN1CCC(CCNCc2ccc(C#N)cc2)CC1. The molecule has 1 aliphatic rings. The number of benzene rings is 1. The molecular formula is C16H23N3. The van der Waals surface area contributed by atoms with Gasteiger partial charge in [0.05, 0.1) is 11.6 Å². The van der Waals surface area contributed by atoms with Crippen molar-refractivity contribution in [2.24, 2.45) is 5.92 Å². The third-order valence-electron chi connectivity index (χ3n) is 3.98. The van der Waals surface area contributed by atoms with Crippen molar-refractivity contribution < 1.29 is 0 Å². The Morgan fingerprint density at radius 2 is 1.95 bits per heavy atom. The molecule has 0 unspecified atom stereocenters. The van der Waals surface area contributed by atoms with Crippen molar-refractivity contribution in [1.29, 1.82) is 5.26 Å². The quantitative estimate of drug-likeness (QED) is 0.823. The molecule has 2 rings (SSSR count). The Hall–Kier alpha value is -1.37. The number of likely N-dealkylation sites (tertiary alicyclic amines) is 1. The minimum absolute atomic E-state index is 0.732. The molecule has 0 bridgehead atoms. The van der Waals surface area contributed by atoms with E-state index in [9.17, 15) is 0 Å². The second-order valence-corrected chi connectivity index (χ2v) is 5.52. The topological polar surface area (TPSA) is 39.1 Å². The van der Waals surface area contributed by atoms with Crippen LogP contribution in [0.2, 0.25) is 0 Å². The predicted molar refractivity (Wildman–Crippen MR) is 77.7 cm³/mol. The maximum atomic E-state index is 8.74. The van der Waals surface area contributed by atoms with Gasteiger partial charge in [0.15, 0.2) is 0 Å². The van der Waals surface area contributed by atoms with E-state index in [2.05, 4.69) is 23.3 Å². The maximum absolute atomic E-state index is 8.74. The van der Waals surface area contributed by atoms with Crippen LogP contribution in [0.1, 0.15) is 30.4 Å². The number of piperidine rings is 1. The van der Waals surface area contributed by atoms with E-state index in [1.165, 1.54) is 37.9 Å². The molecule has 1 aromatic carbocycles. The van der Waals surface area contributed by atoms with Crippen LogP contribution >= 0.6 is 0 Å². The van der Waals surface area contributed by atoms with Gasteiger partial charge >= 0.3 is 0 Å². The van der Waals surface area contributed by atoms with Gasteiger partial charge in [-0.2, -0.15) is 5.26 Å². The number of nitriles is 1. The number of nitrogens with zero attached hydrogens (tertiary/aromatic N) is 2. The third-order valence-corrected chi connectivity index (χ3v) is 3.98. The van der Waals surface area contributed by atoms with E-state index < -0.39 is 0 Å².